The summed E-state index contributed by atoms with van der Waals surface area (Å²) in [6, 6.07) is 3.10. The van der Waals surface area contributed by atoms with E-state index in [9.17, 15) is 4.39 Å². The van der Waals surface area contributed by atoms with Gasteiger partial charge in [-0.2, -0.15) is 5.06 Å². The molecule has 1 rings (SSSR count). The van der Waals surface area contributed by atoms with E-state index in [0.29, 0.717) is 10.0 Å². The van der Waals surface area contributed by atoms with E-state index in [2.05, 4.69) is 15.9 Å². The van der Waals surface area contributed by atoms with Gasteiger partial charge in [0.1, 0.15) is 5.82 Å². The number of hydroxylamine groups is 2. The third-order valence-corrected chi connectivity index (χ3v) is 2.56. The molecule has 0 unspecified atom stereocenters. The lowest BCUT2D eigenvalue weighted by atomic mass is 10.2. The van der Waals surface area contributed by atoms with Crippen molar-refractivity contribution in [2.45, 2.75) is 6.54 Å². The Hall–Kier alpha value is -0.160. The molecule has 72 valence electrons. The maximum atomic E-state index is 13.3. The molecule has 1 N–H and O–H groups in total. The van der Waals surface area contributed by atoms with Crippen LogP contribution in [0.15, 0.2) is 16.6 Å². The van der Waals surface area contributed by atoms with Gasteiger partial charge in [0.05, 0.1) is 11.6 Å². The van der Waals surface area contributed by atoms with E-state index in [1.807, 2.05) is 0 Å². The molecule has 0 spiro atoms. The zero-order valence-corrected chi connectivity index (χ0v) is 9.23. The molecule has 2 nitrogen and oxygen atoms in total. The van der Waals surface area contributed by atoms with Crippen molar-refractivity contribution >= 4 is 27.5 Å². The fourth-order valence-corrected chi connectivity index (χ4v) is 1.55. The van der Waals surface area contributed by atoms with Gasteiger partial charge >= 0.3 is 0 Å². The van der Waals surface area contributed by atoms with Crippen LogP contribution in [0.3, 0.4) is 0 Å². The molecule has 0 fully saturated rings. The van der Waals surface area contributed by atoms with Gasteiger partial charge in [0.15, 0.2) is 0 Å². The Balaban J connectivity index is 3.10. The minimum absolute atomic E-state index is 0.0556. The second-order valence-corrected chi connectivity index (χ2v) is 3.90. The van der Waals surface area contributed by atoms with E-state index in [1.165, 1.54) is 13.1 Å². The number of halogens is 3. The summed E-state index contributed by atoms with van der Waals surface area (Å²) in [7, 11) is 1.44. The maximum absolute atomic E-state index is 13.3. The minimum atomic E-state index is -0.503. The fraction of sp³-hybridized carbons (Fsp3) is 0.250. The summed E-state index contributed by atoms with van der Waals surface area (Å²) >= 11 is 8.75. The Morgan fingerprint density at radius 2 is 2.23 bits per heavy atom. The van der Waals surface area contributed by atoms with Crippen molar-refractivity contribution in [1.29, 1.82) is 0 Å². The van der Waals surface area contributed by atoms with Crippen LogP contribution in [-0.2, 0) is 6.54 Å². The molecule has 0 atom stereocenters. The van der Waals surface area contributed by atoms with Crippen molar-refractivity contribution in [3.8, 4) is 0 Å². The van der Waals surface area contributed by atoms with Gasteiger partial charge in [-0.1, -0.05) is 27.5 Å². The summed E-state index contributed by atoms with van der Waals surface area (Å²) in [5.41, 5.74) is 0.345. The number of hydrogen-bond donors (Lipinski definition) is 1. The van der Waals surface area contributed by atoms with Crippen molar-refractivity contribution in [1.82, 2.24) is 5.06 Å². The van der Waals surface area contributed by atoms with Gasteiger partial charge in [-0.25, -0.2) is 4.39 Å². The quantitative estimate of drug-likeness (QED) is 0.658. The average Bonchev–Trinajstić information content (AvgIpc) is 2.05. The number of rotatable bonds is 2. The fourth-order valence-electron chi connectivity index (χ4n) is 0.943. The monoisotopic (exact) mass is 267 g/mol. The van der Waals surface area contributed by atoms with Gasteiger partial charge in [-0.3, -0.25) is 0 Å². The first-order chi connectivity index (χ1) is 6.02. The van der Waals surface area contributed by atoms with Crippen molar-refractivity contribution in [3.63, 3.8) is 0 Å². The van der Waals surface area contributed by atoms with Gasteiger partial charge in [0.25, 0.3) is 0 Å². The van der Waals surface area contributed by atoms with Crippen LogP contribution in [0.1, 0.15) is 5.56 Å². The van der Waals surface area contributed by atoms with E-state index >= 15 is 0 Å². The Kier molecular flexibility index (Phi) is 3.67. The Bertz CT molecular complexity index is 319. The number of nitrogens with zero attached hydrogens (tertiary/aromatic N) is 1. The molecular formula is C8H8BrClFNO. The van der Waals surface area contributed by atoms with Crippen LogP contribution in [-0.4, -0.2) is 17.3 Å². The molecule has 0 radical (unpaired) electrons. The number of benzene rings is 1. The molecule has 0 heterocycles. The van der Waals surface area contributed by atoms with Gasteiger partial charge in [0.2, 0.25) is 0 Å². The molecule has 0 aliphatic carbocycles. The summed E-state index contributed by atoms with van der Waals surface area (Å²) in [6.07, 6.45) is 0. The summed E-state index contributed by atoms with van der Waals surface area (Å²) in [4.78, 5) is 0. The van der Waals surface area contributed by atoms with Crippen molar-refractivity contribution in [2.24, 2.45) is 0 Å². The zero-order chi connectivity index (χ0) is 10.0. The topological polar surface area (TPSA) is 23.5 Å². The lowest BCUT2D eigenvalue weighted by molar-refractivity contribution is -0.0740. The van der Waals surface area contributed by atoms with Crippen LogP contribution in [0.2, 0.25) is 5.02 Å². The molecule has 0 saturated carbocycles. The summed E-state index contributed by atoms with van der Waals surface area (Å²) in [5, 5.41) is 9.89. The third kappa shape index (κ3) is 2.64. The molecule has 13 heavy (non-hydrogen) atoms. The highest BCUT2D eigenvalue weighted by atomic mass is 79.9. The highest BCUT2D eigenvalue weighted by molar-refractivity contribution is 9.10. The first-order valence-corrected chi connectivity index (χ1v) is 4.72. The maximum Gasteiger partial charge on any atom is 0.147 e. The van der Waals surface area contributed by atoms with Crippen LogP contribution in [0.5, 0.6) is 0 Å². The minimum Gasteiger partial charge on any atom is -0.314 e. The predicted molar refractivity (Wildman–Crippen MR) is 52.4 cm³/mol. The van der Waals surface area contributed by atoms with Crippen LogP contribution >= 0.6 is 27.5 Å². The van der Waals surface area contributed by atoms with Gasteiger partial charge < -0.3 is 5.21 Å². The molecule has 1 aromatic carbocycles. The lowest BCUT2D eigenvalue weighted by Crippen LogP contribution is -2.13. The normalized spacial score (nSPS) is 10.9. The highest BCUT2D eigenvalue weighted by Crippen LogP contribution is 2.26. The average molecular weight is 269 g/mol. The first-order valence-electron chi connectivity index (χ1n) is 3.54. The smallest absolute Gasteiger partial charge is 0.147 e. The summed E-state index contributed by atoms with van der Waals surface area (Å²) in [6.45, 7) is 0.0903. The zero-order valence-electron chi connectivity index (χ0n) is 6.89. The van der Waals surface area contributed by atoms with E-state index in [-0.39, 0.29) is 11.6 Å². The molecule has 0 aliphatic heterocycles. The summed E-state index contributed by atoms with van der Waals surface area (Å²) in [5.74, 6) is -0.503. The molecule has 0 aromatic heterocycles. The van der Waals surface area contributed by atoms with E-state index < -0.39 is 5.82 Å². The molecule has 1 aromatic rings. The first kappa shape index (κ1) is 10.9. The number of hydrogen-bond acceptors (Lipinski definition) is 2. The van der Waals surface area contributed by atoms with Crippen molar-refractivity contribution < 1.29 is 9.60 Å². The predicted octanol–water partition coefficient (Wildman–Crippen LogP) is 3.06. The van der Waals surface area contributed by atoms with Gasteiger partial charge in [-0.05, 0) is 12.1 Å². The van der Waals surface area contributed by atoms with Gasteiger partial charge in [0, 0.05) is 17.1 Å². The van der Waals surface area contributed by atoms with Crippen LogP contribution in [0.4, 0.5) is 4.39 Å². The largest absolute Gasteiger partial charge is 0.314 e. The summed E-state index contributed by atoms with van der Waals surface area (Å²) < 4.78 is 13.9. The van der Waals surface area contributed by atoms with E-state index in [1.54, 1.807) is 6.07 Å². The van der Waals surface area contributed by atoms with Crippen molar-refractivity contribution in [2.75, 3.05) is 7.05 Å². The van der Waals surface area contributed by atoms with Gasteiger partial charge in [-0.15, -0.1) is 0 Å². The molecule has 0 bridgehead atoms. The van der Waals surface area contributed by atoms with Crippen LogP contribution in [0.25, 0.3) is 0 Å². The Labute approximate surface area is 89.0 Å². The molecule has 0 saturated heterocycles. The highest BCUT2D eigenvalue weighted by Gasteiger charge is 2.11. The SMILES string of the molecule is CN(O)Cc1c(Br)ccc(Cl)c1F. The molecule has 0 amide bonds. The molecule has 0 aliphatic rings. The van der Waals surface area contributed by atoms with E-state index in [4.69, 9.17) is 16.8 Å². The Morgan fingerprint density at radius 1 is 1.62 bits per heavy atom. The van der Waals surface area contributed by atoms with Crippen LogP contribution in [0, 0.1) is 5.82 Å². The van der Waals surface area contributed by atoms with E-state index in [0.717, 1.165) is 5.06 Å². The molecule has 5 heteroatoms. The second kappa shape index (κ2) is 4.37. The third-order valence-electron chi connectivity index (χ3n) is 1.53. The molecular weight excluding hydrogens is 260 g/mol. The van der Waals surface area contributed by atoms with Crippen molar-refractivity contribution in [3.05, 3.63) is 33.0 Å². The standard InChI is InChI=1S/C8H8BrClFNO/c1-12(13)4-5-6(9)2-3-7(10)8(5)11/h2-3,13H,4H2,1H3. The van der Waals surface area contributed by atoms with Crippen LogP contribution < -0.4 is 0 Å². The lowest BCUT2D eigenvalue weighted by Gasteiger charge is -2.11. The Morgan fingerprint density at radius 3 is 2.77 bits per heavy atom. The second-order valence-electron chi connectivity index (χ2n) is 2.64.